The number of phenols is 1. The lowest BCUT2D eigenvalue weighted by molar-refractivity contribution is 0.469. The molecular formula is C16H16N2O3S. The van der Waals surface area contributed by atoms with Crippen molar-refractivity contribution in [3.63, 3.8) is 0 Å². The molecule has 0 atom stereocenters. The number of rotatable bonds is 6. The van der Waals surface area contributed by atoms with Gasteiger partial charge in [-0.25, -0.2) is 4.83 Å². The molecule has 0 aromatic heterocycles. The first kappa shape index (κ1) is 15.8. The van der Waals surface area contributed by atoms with Crippen LogP contribution in [0.5, 0.6) is 5.75 Å². The first-order chi connectivity index (χ1) is 10.5. The molecule has 0 aliphatic rings. The van der Waals surface area contributed by atoms with Crippen LogP contribution in [0, 0.1) is 0 Å². The Hall–Kier alpha value is -2.60. The second kappa shape index (κ2) is 6.91. The first-order valence-corrected chi connectivity index (χ1v) is 8.04. The highest BCUT2D eigenvalue weighted by Gasteiger charge is 2.11. The van der Waals surface area contributed by atoms with Crippen LogP contribution >= 0.6 is 0 Å². The summed E-state index contributed by atoms with van der Waals surface area (Å²) in [6.45, 7) is 3.62. The summed E-state index contributed by atoms with van der Waals surface area (Å²) >= 11 is 0. The van der Waals surface area contributed by atoms with Gasteiger partial charge in [0.1, 0.15) is 5.75 Å². The fourth-order valence-electron chi connectivity index (χ4n) is 1.85. The van der Waals surface area contributed by atoms with Gasteiger partial charge >= 0.3 is 0 Å². The normalized spacial score (nSPS) is 11.5. The molecule has 0 amide bonds. The Balaban J connectivity index is 2.17. The largest absolute Gasteiger partial charge is 0.507 e. The smallest absolute Gasteiger partial charge is 0.276 e. The molecule has 0 bridgehead atoms. The Morgan fingerprint density at radius 2 is 1.86 bits per heavy atom. The molecule has 0 spiro atoms. The van der Waals surface area contributed by atoms with Gasteiger partial charge in [-0.2, -0.15) is 13.5 Å². The van der Waals surface area contributed by atoms with E-state index in [1.807, 2.05) is 0 Å². The third kappa shape index (κ3) is 3.73. The summed E-state index contributed by atoms with van der Waals surface area (Å²) in [6.07, 6.45) is 3.46. The van der Waals surface area contributed by atoms with E-state index < -0.39 is 10.0 Å². The summed E-state index contributed by atoms with van der Waals surface area (Å²) in [6, 6.07) is 13.1. The molecule has 0 aliphatic heterocycles. The summed E-state index contributed by atoms with van der Waals surface area (Å²) in [5, 5.41) is 13.8. The van der Waals surface area contributed by atoms with Crippen LogP contribution in [0.25, 0.3) is 0 Å². The molecule has 2 N–H and O–H groups in total. The van der Waals surface area contributed by atoms with E-state index in [4.69, 9.17) is 0 Å². The Bertz CT molecular complexity index is 784. The average molecular weight is 316 g/mol. The number of phenolic OH excluding ortho intramolecular Hbond substituents is 1. The minimum atomic E-state index is -3.71. The zero-order chi connectivity index (χ0) is 16.0. The van der Waals surface area contributed by atoms with E-state index >= 15 is 0 Å². The summed E-state index contributed by atoms with van der Waals surface area (Å²) in [4.78, 5) is 2.23. The molecule has 0 aliphatic carbocycles. The Morgan fingerprint density at radius 3 is 2.55 bits per heavy atom. The minimum absolute atomic E-state index is 0.0602. The highest BCUT2D eigenvalue weighted by Crippen LogP contribution is 2.21. The molecule has 0 fully saturated rings. The topological polar surface area (TPSA) is 78.8 Å². The molecule has 114 valence electrons. The van der Waals surface area contributed by atoms with Gasteiger partial charge < -0.3 is 5.11 Å². The molecule has 22 heavy (non-hydrogen) atoms. The van der Waals surface area contributed by atoms with Crippen molar-refractivity contribution in [3.05, 3.63) is 72.3 Å². The first-order valence-electron chi connectivity index (χ1n) is 6.56. The standard InChI is InChI=1S/C16H16N2O3S/c1-2-7-13-8-6-9-14(16(13)19)12-17-18-22(20,21)15-10-4-3-5-11-15/h2-6,8-12,18-19H,1,7H2. The van der Waals surface area contributed by atoms with Crippen LogP contribution in [0.15, 0.2) is 71.2 Å². The van der Waals surface area contributed by atoms with Crippen molar-refractivity contribution in [1.82, 2.24) is 4.83 Å². The lowest BCUT2D eigenvalue weighted by Crippen LogP contribution is -2.18. The van der Waals surface area contributed by atoms with Crippen LogP contribution in [0.1, 0.15) is 11.1 Å². The van der Waals surface area contributed by atoms with Gasteiger partial charge in [0.15, 0.2) is 0 Å². The average Bonchev–Trinajstić information content (AvgIpc) is 2.52. The zero-order valence-corrected chi connectivity index (χ0v) is 12.6. The number of hydrazone groups is 1. The Labute approximate surface area is 129 Å². The van der Waals surface area contributed by atoms with Crippen LogP contribution < -0.4 is 4.83 Å². The Kier molecular flexibility index (Phi) is 4.95. The van der Waals surface area contributed by atoms with Gasteiger partial charge in [-0.1, -0.05) is 36.4 Å². The van der Waals surface area contributed by atoms with Crippen molar-refractivity contribution in [2.75, 3.05) is 0 Å². The van der Waals surface area contributed by atoms with E-state index in [2.05, 4.69) is 16.5 Å². The molecule has 0 radical (unpaired) electrons. The molecular weight excluding hydrogens is 300 g/mol. The van der Waals surface area contributed by atoms with Crippen molar-refractivity contribution in [2.45, 2.75) is 11.3 Å². The Morgan fingerprint density at radius 1 is 1.14 bits per heavy atom. The van der Waals surface area contributed by atoms with E-state index in [0.29, 0.717) is 17.5 Å². The summed E-state index contributed by atoms with van der Waals surface area (Å²) < 4.78 is 24.0. The fraction of sp³-hybridized carbons (Fsp3) is 0.0625. The van der Waals surface area contributed by atoms with E-state index in [9.17, 15) is 13.5 Å². The number of aromatic hydroxyl groups is 1. The monoisotopic (exact) mass is 316 g/mol. The van der Waals surface area contributed by atoms with Gasteiger partial charge in [-0.15, -0.1) is 6.58 Å². The number of allylic oxidation sites excluding steroid dienone is 1. The number of hydrogen-bond acceptors (Lipinski definition) is 4. The van der Waals surface area contributed by atoms with Crippen molar-refractivity contribution < 1.29 is 13.5 Å². The molecule has 5 nitrogen and oxygen atoms in total. The maximum absolute atomic E-state index is 12.0. The van der Waals surface area contributed by atoms with Crippen LogP contribution in [-0.2, 0) is 16.4 Å². The third-order valence-electron chi connectivity index (χ3n) is 2.95. The van der Waals surface area contributed by atoms with E-state index in [1.54, 1.807) is 42.5 Å². The van der Waals surface area contributed by atoms with Crippen molar-refractivity contribution >= 4 is 16.2 Å². The summed E-state index contributed by atoms with van der Waals surface area (Å²) in [5.41, 5.74) is 1.12. The van der Waals surface area contributed by atoms with Gasteiger partial charge in [0.2, 0.25) is 0 Å². The maximum Gasteiger partial charge on any atom is 0.276 e. The number of nitrogens with one attached hydrogen (secondary N) is 1. The van der Waals surface area contributed by atoms with Gasteiger partial charge in [-0.05, 0) is 30.2 Å². The quantitative estimate of drug-likeness (QED) is 0.488. The van der Waals surface area contributed by atoms with Gasteiger partial charge in [0.25, 0.3) is 10.0 Å². The van der Waals surface area contributed by atoms with Gasteiger partial charge in [-0.3, -0.25) is 0 Å². The third-order valence-corrected chi connectivity index (χ3v) is 4.18. The predicted molar refractivity (Wildman–Crippen MR) is 86.4 cm³/mol. The highest BCUT2D eigenvalue weighted by molar-refractivity contribution is 7.89. The molecule has 2 aromatic carbocycles. The van der Waals surface area contributed by atoms with Crippen LogP contribution in [0.2, 0.25) is 0 Å². The maximum atomic E-state index is 12.0. The van der Waals surface area contributed by atoms with Gasteiger partial charge in [0, 0.05) is 5.56 Å². The van der Waals surface area contributed by atoms with E-state index in [1.165, 1.54) is 18.3 Å². The lowest BCUT2D eigenvalue weighted by Gasteiger charge is -2.05. The molecule has 0 saturated carbocycles. The molecule has 0 saturated heterocycles. The van der Waals surface area contributed by atoms with Crippen LogP contribution in [-0.4, -0.2) is 19.7 Å². The predicted octanol–water partition coefficient (Wildman–Crippen LogP) is 2.43. The number of nitrogens with zero attached hydrogens (tertiary/aromatic N) is 1. The number of sulfonamides is 1. The van der Waals surface area contributed by atoms with Crippen molar-refractivity contribution in [3.8, 4) is 5.75 Å². The second-order valence-corrected chi connectivity index (χ2v) is 6.17. The van der Waals surface area contributed by atoms with E-state index in [-0.39, 0.29) is 10.6 Å². The van der Waals surface area contributed by atoms with Gasteiger partial charge in [0.05, 0.1) is 11.1 Å². The SMILES string of the molecule is C=CCc1cccc(C=NNS(=O)(=O)c2ccccc2)c1O. The van der Waals surface area contributed by atoms with Crippen molar-refractivity contribution in [2.24, 2.45) is 5.10 Å². The molecule has 2 rings (SSSR count). The fourth-order valence-corrected chi connectivity index (χ4v) is 2.67. The highest BCUT2D eigenvalue weighted by atomic mass is 32.2. The number of hydrogen-bond donors (Lipinski definition) is 2. The number of para-hydroxylation sites is 1. The zero-order valence-electron chi connectivity index (χ0n) is 11.8. The van der Waals surface area contributed by atoms with Crippen LogP contribution in [0.4, 0.5) is 0 Å². The molecule has 2 aromatic rings. The van der Waals surface area contributed by atoms with Crippen molar-refractivity contribution in [1.29, 1.82) is 0 Å². The number of benzene rings is 2. The lowest BCUT2D eigenvalue weighted by atomic mass is 10.1. The van der Waals surface area contributed by atoms with E-state index in [0.717, 1.165) is 0 Å². The molecule has 0 unspecified atom stereocenters. The molecule has 0 heterocycles. The van der Waals surface area contributed by atoms with Crippen LogP contribution in [0.3, 0.4) is 0 Å². The summed E-state index contributed by atoms with van der Waals surface area (Å²) in [5.74, 6) is 0.0602. The minimum Gasteiger partial charge on any atom is -0.507 e. The second-order valence-electron chi connectivity index (χ2n) is 4.51. The molecule has 6 heteroatoms. The summed E-state index contributed by atoms with van der Waals surface area (Å²) in [7, 11) is -3.71.